The second-order valence-electron chi connectivity index (χ2n) is 6.21. The summed E-state index contributed by atoms with van der Waals surface area (Å²) < 4.78 is 0. The summed E-state index contributed by atoms with van der Waals surface area (Å²) in [6.45, 7) is 4.57. The van der Waals surface area contributed by atoms with Gasteiger partial charge < -0.3 is 5.11 Å². The lowest BCUT2D eigenvalue weighted by molar-refractivity contribution is -0.131. The van der Waals surface area contributed by atoms with Gasteiger partial charge in [0.15, 0.2) is 0 Å². The molecular weight excluding hydrogens is 272 g/mol. The van der Waals surface area contributed by atoms with E-state index in [1.807, 2.05) is 0 Å². The van der Waals surface area contributed by atoms with E-state index in [-0.39, 0.29) is 0 Å². The van der Waals surface area contributed by atoms with Crippen molar-refractivity contribution in [2.24, 2.45) is 5.92 Å². The van der Waals surface area contributed by atoms with Crippen molar-refractivity contribution in [1.29, 1.82) is 0 Å². The second kappa shape index (κ2) is 16.3. The fraction of sp³-hybridized carbons (Fsp3) is 0.750. The van der Waals surface area contributed by atoms with E-state index in [2.05, 4.69) is 26.0 Å². The smallest absolute Gasteiger partial charge is 0.327 e. The fourth-order valence-corrected chi connectivity index (χ4v) is 2.64. The van der Waals surface area contributed by atoms with Crippen LogP contribution in [0.3, 0.4) is 0 Å². The molecule has 0 aliphatic carbocycles. The molecule has 0 aliphatic heterocycles. The number of unbranched alkanes of at least 4 members (excludes halogenated alkanes) is 7. The molecular formula is C20H36O2. The Morgan fingerprint density at radius 1 is 0.909 bits per heavy atom. The first kappa shape index (κ1) is 20.9. The monoisotopic (exact) mass is 308 g/mol. The molecule has 0 saturated heterocycles. The lowest BCUT2D eigenvalue weighted by Gasteiger charge is -2.11. The maximum Gasteiger partial charge on any atom is 0.327 e. The van der Waals surface area contributed by atoms with Crippen LogP contribution in [0.1, 0.15) is 90.9 Å². The number of hydrogen-bond acceptors (Lipinski definition) is 1. The van der Waals surface area contributed by atoms with Gasteiger partial charge in [0, 0.05) is 6.08 Å². The highest BCUT2D eigenvalue weighted by atomic mass is 16.4. The summed E-state index contributed by atoms with van der Waals surface area (Å²) in [4.78, 5) is 10.3. The van der Waals surface area contributed by atoms with E-state index in [1.54, 1.807) is 6.08 Å². The number of carboxylic acids is 1. The van der Waals surface area contributed by atoms with Gasteiger partial charge in [0.2, 0.25) is 0 Å². The molecule has 0 fully saturated rings. The molecule has 0 aromatic carbocycles. The second-order valence-corrected chi connectivity index (χ2v) is 6.21. The van der Waals surface area contributed by atoms with Gasteiger partial charge in [-0.15, -0.1) is 0 Å². The van der Waals surface area contributed by atoms with E-state index >= 15 is 0 Å². The molecule has 1 atom stereocenters. The zero-order valence-electron chi connectivity index (χ0n) is 14.7. The molecule has 0 spiro atoms. The third kappa shape index (κ3) is 15.3. The standard InChI is InChI=1S/C20H36O2/c1-3-5-6-13-16-19(4-2)17-14-11-9-7-8-10-12-15-18-20(21)22/h11,14-15,18-19H,3-10,12-13,16-17H2,1-2H3,(H,21,22). The first-order chi connectivity index (χ1) is 10.7. The van der Waals surface area contributed by atoms with Gasteiger partial charge in [-0.25, -0.2) is 4.79 Å². The molecule has 0 aromatic rings. The van der Waals surface area contributed by atoms with Crippen molar-refractivity contribution in [3.8, 4) is 0 Å². The van der Waals surface area contributed by atoms with Crippen LogP contribution in [-0.2, 0) is 4.79 Å². The first-order valence-corrected chi connectivity index (χ1v) is 9.25. The van der Waals surface area contributed by atoms with Crippen LogP contribution in [0.25, 0.3) is 0 Å². The fourth-order valence-electron chi connectivity index (χ4n) is 2.64. The molecule has 1 N–H and O–H groups in total. The number of allylic oxidation sites excluding steroid dienone is 3. The number of carbonyl (C=O) groups is 1. The van der Waals surface area contributed by atoms with E-state index in [0.29, 0.717) is 0 Å². The van der Waals surface area contributed by atoms with E-state index in [1.165, 1.54) is 63.9 Å². The lowest BCUT2D eigenvalue weighted by Crippen LogP contribution is -1.97. The summed E-state index contributed by atoms with van der Waals surface area (Å²) >= 11 is 0. The van der Waals surface area contributed by atoms with Crippen LogP contribution in [0.2, 0.25) is 0 Å². The summed E-state index contributed by atoms with van der Waals surface area (Å²) in [6.07, 6.45) is 22.6. The SMILES string of the molecule is CCCCCCC(CC)CC=CCCCCCC=CC(=O)O. The highest BCUT2D eigenvalue weighted by Gasteiger charge is 2.03. The Morgan fingerprint density at radius 3 is 2.23 bits per heavy atom. The van der Waals surface area contributed by atoms with Crippen molar-refractivity contribution < 1.29 is 9.90 Å². The first-order valence-electron chi connectivity index (χ1n) is 9.25. The highest BCUT2D eigenvalue weighted by molar-refractivity contribution is 5.79. The van der Waals surface area contributed by atoms with Crippen LogP contribution >= 0.6 is 0 Å². The largest absolute Gasteiger partial charge is 0.478 e. The summed E-state index contributed by atoms with van der Waals surface area (Å²) in [5.41, 5.74) is 0. The highest BCUT2D eigenvalue weighted by Crippen LogP contribution is 2.18. The average Bonchev–Trinajstić information content (AvgIpc) is 2.50. The maximum absolute atomic E-state index is 10.3. The number of carboxylic acid groups (broad SMARTS) is 1. The Balaban J connectivity index is 3.49. The van der Waals surface area contributed by atoms with Crippen LogP contribution in [0, 0.1) is 5.92 Å². The summed E-state index contributed by atoms with van der Waals surface area (Å²) in [7, 11) is 0. The van der Waals surface area contributed by atoms with Crippen molar-refractivity contribution in [2.45, 2.75) is 90.9 Å². The summed E-state index contributed by atoms with van der Waals surface area (Å²) in [5.74, 6) is 0.0253. The van der Waals surface area contributed by atoms with Crippen molar-refractivity contribution in [2.75, 3.05) is 0 Å². The predicted octanol–water partition coefficient (Wildman–Crippen LogP) is 6.52. The number of aliphatic carboxylic acids is 1. The minimum absolute atomic E-state index is 0.844. The van der Waals surface area contributed by atoms with Gasteiger partial charge in [-0.05, 0) is 38.0 Å². The van der Waals surface area contributed by atoms with E-state index in [0.717, 1.165) is 25.2 Å². The molecule has 2 nitrogen and oxygen atoms in total. The van der Waals surface area contributed by atoms with Crippen molar-refractivity contribution >= 4 is 5.97 Å². The van der Waals surface area contributed by atoms with E-state index in [9.17, 15) is 4.79 Å². The molecule has 0 saturated carbocycles. The molecule has 0 amide bonds. The Kier molecular flexibility index (Phi) is 15.5. The van der Waals surface area contributed by atoms with Gasteiger partial charge in [0.05, 0.1) is 0 Å². The molecule has 0 aromatic heterocycles. The molecule has 0 aliphatic rings. The van der Waals surface area contributed by atoms with Crippen molar-refractivity contribution in [1.82, 2.24) is 0 Å². The molecule has 1 unspecified atom stereocenters. The van der Waals surface area contributed by atoms with Crippen molar-refractivity contribution in [3.05, 3.63) is 24.3 Å². The third-order valence-corrected chi connectivity index (χ3v) is 4.18. The zero-order chi connectivity index (χ0) is 16.5. The Hall–Kier alpha value is -1.05. The van der Waals surface area contributed by atoms with E-state index in [4.69, 9.17) is 5.11 Å². The van der Waals surface area contributed by atoms with Crippen molar-refractivity contribution in [3.63, 3.8) is 0 Å². The van der Waals surface area contributed by atoms with E-state index < -0.39 is 5.97 Å². The number of rotatable bonds is 15. The minimum atomic E-state index is -0.844. The van der Waals surface area contributed by atoms with Gasteiger partial charge in [-0.3, -0.25) is 0 Å². The Bertz CT molecular complexity index is 305. The average molecular weight is 309 g/mol. The molecule has 2 heteroatoms. The quantitative estimate of drug-likeness (QED) is 0.212. The molecule has 0 rings (SSSR count). The van der Waals surface area contributed by atoms with Gasteiger partial charge in [0.25, 0.3) is 0 Å². The van der Waals surface area contributed by atoms with Crippen LogP contribution in [0.5, 0.6) is 0 Å². The molecule has 0 radical (unpaired) electrons. The van der Waals surface area contributed by atoms with Crippen LogP contribution < -0.4 is 0 Å². The van der Waals surface area contributed by atoms with Crippen LogP contribution in [0.15, 0.2) is 24.3 Å². The minimum Gasteiger partial charge on any atom is -0.478 e. The molecule has 128 valence electrons. The van der Waals surface area contributed by atoms with Crippen LogP contribution in [-0.4, -0.2) is 11.1 Å². The predicted molar refractivity (Wildman–Crippen MR) is 96.2 cm³/mol. The van der Waals surface area contributed by atoms with Gasteiger partial charge >= 0.3 is 5.97 Å². The zero-order valence-corrected chi connectivity index (χ0v) is 14.7. The van der Waals surface area contributed by atoms with Gasteiger partial charge in [-0.1, -0.05) is 77.0 Å². The maximum atomic E-state index is 10.3. The third-order valence-electron chi connectivity index (χ3n) is 4.18. The topological polar surface area (TPSA) is 37.3 Å². The molecule has 0 bridgehead atoms. The van der Waals surface area contributed by atoms with Gasteiger partial charge in [-0.2, -0.15) is 0 Å². The number of hydrogen-bond donors (Lipinski definition) is 1. The summed E-state index contributed by atoms with van der Waals surface area (Å²) in [6, 6.07) is 0. The van der Waals surface area contributed by atoms with Gasteiger partial charge in [0.1, 0.15) is 0 Å². The normalized spacial score (nSPS) is 13.2. The molecule has 0 heterocycles. The molecule has 22 heavy (non-hydrogen) atoms. The Morgan fingerprint density at radius 2 is 1.59 bits per heavy atom. The van der Waals surface area contributed by atoms with Crippen LogP contribution in [0.4, 0.5) is 0 Å². The summed E-state index contributed by atoms with van der Waals surface area (Å²) in [5, 5.41) is 8.46. The lowest BCUT2D eigenvalue weighted by atomic mass is 9.94. The Labute approximate surface area is 137 Å².